The highest BCUT2D eigenvalue weighted by molar-refractivity contribution is 5.88. The maximum absolute atomic E-state index is 11.8. The maximum Gasteiger partial charge on any atom is 0.342 e. The van der Waals surface area contributed by atoms with Crippen LogP contribution in [0.1, 0.15) is 25.8 Å². The van der Waals surface area contributed by atoms with E-state index in [1.165, 1.54) is 0 Å². The summed E-state index contributed by atoms with van der Waals surface area (Å²) >= 11 is 0. The Bertz CT molecular complexity index is 448. The molecule has 0 unspecified atom stereocenters. The molecule has 1 rings (SSSR count). The summed E-state index contributed by atoms with van der Waals surface area (Å²) in [4.78, 5) is 11.8. The molecule has 1 aromatic rings. The molecular weight excluding hydrogens is 228 g/mol. The lowest BCUT2D eigenvalue weighted by Crippen LogP contribution is -2.22. The number of aliphatic hydroxyl groups is 1. The largest absolute Gasteiger partial charge is 0.457 e. The summed E-state index contributed by atoms with van der Waals surface area (Å²) in [5.74, 6) is -0.490. The van der Waals surface area contributed by atoms with Crippen molar-refractivity contribution in [2.45, 2.75) is 32.5 Å². The number of carbonyl (C=O) groups excluding carboxylic acids is 1. The molecule has 0 saturated heterocycles. The summed E-state index contributed by atoms with van der Waals surface area (Å²) in [7, 11) is 0. The minimum atomic E-state index is -0.980. The number of carbonyl (C=O) groups is 1. The van der Waals surface area contributed by atoms with E-state index in [-0.39, 0.29) is 18.6 Å². The molecule has 0 aliphatic rings. The Morgan fingerprint density at radius 2 is 2.00 bits per heavy atom. The monoisotopic (exact) mass is 246 g/mol. The van der Waals surface area contributed by atoms with Crippen LogP contribution < -0.4 is 0 Å². The Hall–Kier alpha value is -1.83. The lowest BCUT2D eigenvalue weighted by molar-refractivity contribution is -0.141. The smallest absolute Gasteiger partial charge is 0.342 e. The van der Waals surface area contributed by atoms with E-state index in [9.17, 15) is 9.90 Å². The molecule has 0 aliphatic heterocycles. The Kier molecular flexibility index (Phi) is 4.90. The highest BCUT2D eigenvalue weighted by atomic mass is 16.5. The molecule has 1 N–H and O–H groups in total. The number of rotatable bonds is 5. The van der Waals surface area contributed by atoms with Gasteiger partial charge in [-0.05, 0) is 19.4 Å². The fraction of sp³-hybridized carbons (Fsp3) is 0.333. The van der Waals surface area contributed by atoms with Crippen molar-refractivity contribution in [1.82, 2.24) is 0 Å². The van der Waals surface area contributed by atoms with E-state index in [4.69, 9.17) is 4.74 Å². The van der Waals surface area contributed by atoms with E-state index in [0.717, 1.165) is 5.56 Å². The van der Waals surface area contributed by atoms with Gasteiger partial charge in [0.25, 0.3) is 0 Å². The van der Waals surface area contributed by atoms with E-state index >= 15 is 0 Å². The van der Waals surface area contributed by atoms with Gasteiger partial charge in [-0.15, -0.1) is 5.73 Å². The molecule has 0 atom stereocenters. The van der Waals surface area contributed by atoms with Crippen LogP contribution in [0.25, 0.3) is 0 Å². The van der Waals surface area contributed by atoms with Gasteiger partial charge in [0.15, 0.2) is 0 Å². The number of hydrogen-bond acceptors (Lipinski definition) is 3. The first-order chi connectivity index (χ1) is 8.42. The highest BCUT2D eigenvalue weighted by Gasteiger charge is 2.20. The number of ether oxygens (including phenoxy) is 1. The van der Waals surface area contributed by atoms with Gasteiger partial charge in [-0.25, -0.2) is 4.79 Å². The van der Waals surface area contributed by atoms with Crippen LogP contribution in [-0.4, -0.2) is 16.7 Å². The Labute approximate surface area is 107 Å². The van der Waals surface area contributed by atoms with Crippen molar-refractivity contribution >= 4 is 5.97 Å². The van der Waals surface area contributed by atoms with E-state index < -0.39 is 11.6 Å². The van der Waals surface area contributed by atoms with Gasteiger partial charge in [-0.1, -0.05) is 36.9 Å². The molecule has 0 radical (unpaired) electrons. The molecule has 0 fully saturated rings. The zero-order valence-electron chi connectivity index (χ0n) is 10.8. The van der Waals surface area contributed by atoms with E-state index in [2.05, 4.69) is 12.3 Å². The second-order valence-corrected chi connectivity index (χ2v) is 4.71. The quantitative estimate of drug-likeness (QED) is 0.493. The van der Waals surface area contributed by atoms with Crippen molar-refractivity contribution in [2.75, 3.05) is 0 Å². The normalized spacial score (nSPS) is 10.6. The lowest BCUT2D eigenvalue weighted by atomic mass is 9.99. The molecule has 3 nitrogen and oxygen atoms in total. The van der Waals surface area contributed by atoms with E-state index in [1.807, 2.05) is 30.3 Å². The van der Waals surface area contributed by atoms with Crippen LogP contribution in [0.3, 0.4) is 0 Å². The van der Waals surface area contributed by atoms with Gasteiger partial charge in [0, 0.05) is 6.42 Å². The average Bonchev–Trinajstić information content (AvgIpc) is 2.33. The fourth-order valence-corrected chi connectivity index (χ4v) is 1.45. The highest BCUT2D eigenvalue weighted by Crippen LogP contribution is 2.16. The molecule has 0 spiro atoms. The summed E-state index contributed by atoms with van der Waals surface area (Å²) < 4.78 is 5.14. The van der Waals surface area contributed by atoms with Gasteiger partial charge in [0.05, 0.1) is 11.2 Å². The van der Waals surface area contributed by atoms with Gasteiger partial charge in [0.2, 0.25) is 0 Å². The Morgan fingerprint density at radius 1 is 1.39 bits per heavy atom. The zero-order valence-corrected chi connectivity index (χ0v) is 10.8. The van der Waals surface area contributed by atoms with Gasteiger partial charge in [0.1, 0.15) is 6.61 Å². The van der Waals surface area contributed by atoms with Crippen LogP contribution in [0.2, 0.25) is 0 Å². The first-order valence-electron chi connectivity index (χ1n) is 5.75. The van der Waals surface area contributed by atoms with E-state index in [1.54, 1.807) is 13.8 Å². The zero-order chi connectivity index (χ0) is 13.6. The Morgan fingerprint density at radius 3 is 2.50 bits per heavy atom. The summed E-state index contributed by atoms with van der Waals surface area (Å²) in [6.07, 6.45) is 0.171. The molecule has 96 valence electrons. The standard InChI is InChI=1S/C15H18O3/c1-4-13(10-15(2,3)17)14(16)18-11-12-8-6-5-7-9-12/h5-9,17H,1,10-11H2,2-3H3. The third-order valence-electron chi connectivity index (χ3n) is 2.28. The third kappa shape index (κ3) is 5.00. The topological polar surface area (TPSA) is 46.5 Å². The molecule has 0 amide bonds. The van der Waals surface area contributed by atoms with Gasteiger partial charge >= 0.3 is 5.97 Å². The van der Waals surface area contributed by atoms with Crippen molar-refractivity contribution in [3.05, 3.63) is 53.8 Å². The second-order valence-electron chi connectivity index (χ2n) is 4.71. The number of benzene rings is 1. The van der Waals surface area contributed by atoms with Gasteiger partial charge in [-0.3, -0.25) is 0 Å². The third-order valence-corrected chi connectivity index (χ3v) is 2.28. The predicted octanol–water partition coefficient (Wildman–Crippen LogP) is 2.60. The van der Waals surface area contributed by atoms with Crippen molar-refractivity contribution in [3.63, 3.8) is 0 Å². The van der Waals surface area contributed by atoms with Crippen LogP contribution >= 0.6 is 0 Å². The van der Waals surface area contributed by atoms with Crippen LogP contribution in [0.5, 0.6) is 0 Å². The van der Waals surface area contributed by atoms with Crippen LogP contribution in [0, 0.1) is 0 Å². The minimum Gasteiger partial charge on any atom is -0.457 e. The van der Waals surface area contributed by atoms with Crippen molar-refractivity contribution in [1.29, 1.82) is 0 Å². The summed E-state index contributed by atoms with van der Waals surface area (Å²) in [6, 6.07) is 9.41. The fourth-order valence-electron chi connectivity index (χ4n) is 1.45. The summed E-state index contributed by atoms with van der Waals surface area (Å²) in [6.45, 7) is 6.89. The predicted molar refractivity (Wildman–Crippen MR) is 69.8 cm³/mol. The SMILES string of the molecule is C=C=C(CC(C)(C)O)C(=O)OCc1ccccc1. The maximum atomic E-state index is 11.8. The molecule has 0 heterocycles. The molecule has 0 bridgehead atoms. The first kappa shape index (κ1) is 14.2. The summed E-state index contributed by atoms with van der Waals surface area (Å²) in [5.41, 5.74) is 2.72. The molecule has 18 heavy (non-hydrogen) atoms. The molecule has 3 heteroatoms. The van der Waals surface area contributed by atoms with Crippen molar-refractivity contribution in [2.24, 2.45) is 0 Å². The average molecular weight is 246 g/mol. The van der Waals surface area contributed by atoms with Gasteiger partial charge < -0.3 is 9.84 Å². The Balaban J connectivity index is 2.57. The van der Waals surface area contributed by atoms with Crippen molar-refractivity contribution in [3.8, 4) is 0 Å². The van der Waals surface area contributed by atoms with Crippen molar-refractivity contribution < 1.29 is 14.6 Å². The molecular formula is C15H18O3. The lowest BCUT2D eigenvalue weighted by Gasteiger charge is -2.17. The summed E-state index contributed by atoms with van der Waals surface area (Å²) in [5, 5.41) is 9.66. The minimum absolute atomic E-state index is 0.171. The van der Waals surface area contributed by atoms with E-state index in [0.29, 0.717) is 0 Å². The molecule has 1 aromatic carbocycles. The molecule has 0 aromatic heterocycles. The number of hydrogen-bond donors (Lipinski definition) is 1. The van der Waals surface area contributed by atoms with Crippen LogP contribution in [-0.2, 0) is 16.1 Å². The first-order valence-corrected chi connectivity index (χ1v) is 5.75. The van der Waals surface area contributed by atoms with Crippen LogP contribution in [0.4, 0.5) is 0 Å². The number of esters is 1. The second kappa shape index (κ2) is 6.20. The molecule has 0 saturated carbocycles. The molecule has 0 aliphatic carbocycles. The van der Waals surface area contributed by atoms with Gasteiger partial charge in [-0.2, -0.15) is 0 Å². The van der Waals surface area contributed by atoms with Crippen LogP contribution in [0.15, 0.2) is 48.2 Å².